The molecule has 2 aromatic heterocycles. The van der Waals surface area contributed by atoms with Crippen molar-refractivity contribution in [3.05, 3.63) is 28.1 Å². The van der Waals surface area contributed by atoms with Crippen LogP contribution in [0, 0.1) is 6.92 Å². The van der Waals surface area contributed by atoms with Crippen LogP contribution in [0.25, 0.3) is 11.3 Å². The average molecular weight is 208 g/mol. The molecule has 4 nitrogen and oxygen atoms in total. The van der Waals surface area contributed by atoms with Crippen molar-refractivity contribution < 1.29 is 9.90 Å². The van der Waals surface area contributed by atoms with Gasteiger partial charge in [0, 0.05) is 16.6 Å². The Morgan fingerprint density at radius 2 is 2.43 bits per heavy atom. The number of hydrogen-bond donors (Lipinski definition) is 2. The third-order valence-corrected chi connectivity index (χ3v) is 2.64. The molecule has 5 heteroatoms. The van der Waals surface area contributed by atoms with E-state index in [2.05, 4.69) is 10.2 Å². The minimum absolute atomic E-state index is 0.253. The van der Waals surface area contributed by atoms with Gasteiger partial charge in [0.15, 0.2) is 0 Å². The average Bonchev–Trinajstić information content (AvgIpc) is 2.70. The second kappa shape index (κ2) is 3.26. The predicted molar refractivity (Wildman–Crippen MR) is 53.6 cm³/mol. The SMILES string of the molecule is Cc1[nH]nc(-c2ccsc2)c1C(=O)O. The lowest BCUT2D eigenvalue weighted by molar-refractivity contribution is 0.0697. The Kier molecular flexibility index (Phi) is 2.09. The van der Waals surface area contributed by atoms with Gasteiger partial charge in [-0.3, -0.25) is 5.10 Å². The molecule has 0 spiro atoms. The smallest absolute Gasteiger partial charge is 0.339 e. The lowest BCUT2D eigenvalue weighted by Crippen LogP contribution is -1.98. The Bertz CT molecular complexity index is 459. The van der Waals surface area contributed by atoms with E-state index in [1.54, 1.807) is 6.92 Å². The molecule has 0 aliphatic carbocycles. The van der Waals surface area contributed by atoms with Gasteiger partial charge in [-0.25, -0.2) is 4.79 Å². The van der Waals surface area contributed by atoms with Gasteiger partial charge in [0.1, 0.15) is 11.3 Å². The van der Waals surface area contributed by atoms with Gasteiger partial charge in [-0.15, -0.1) is 0 Å². The van der Waals surface area contributed by atoms with Crippen LogP contribution in [0.15, 0.2) is 16.8 Å². The van der Waals surface area contributed by atoms with Crippen molar-refractivity contribution >= 4 is 17.3 Å². The maximum atomic E-state index is 10.9. The zero-order chi connectivity index (χ0) is 10.1. The van der Waals surface area contributed by atoms with Crippen molar-refractivity contribution in [2.75, 3.05) is 0 Å². The van der Waals surface area contributed by atoms with E-state index in [0.717, 1.165) is 5.56 Å². The van der Waals surface area contributed by atoms with Gasteiger partial charge >= 0.3 is 5.97 Å². The first-order chi connectivity index (χ1) is 6.70. The summed E-state index contributed by atoms with van der Waals surface area (Å²) >= 11 is 1.52. The van der Waals surface area contributed by atoms with Gasteiger partial charge in [-0.2, -0.15) is 16.4 Å². The number of carboxylic acid groups (broad SMARTS) is 1. The van der Waals surface area contributed by atoms with Crippen LogP contribution in [0.5, 0.6) is 0 Å². The van der Waals surface area contributed by atoms with Crippen LogP contribution in [-0.4, -0.2) is 21.3 Å². The third-order valence-electron chi connectivity index (χ3n) is 1.96. The lowest BCUT2D eigenvalue weighted by atomic mass is 10.1. The Morgan fingerprint density at radius 3 is 3.00 bits per heavy atom. The minimum Gasteiger partial charge on any atom is -0.478 e. The van der Waals surface area contributed by atoms with E-state index >= 15 is 0 Å². The molecular formula is C9H8N2O2S. The molecule has 14 heavy (non-hydrogen) atoms. The number of aromatic amines is 1. The topological polar surface area (TPSA) is 66.0 Å². The number of nitrogens with one attached hydrogen (secondary N) is 1. The van der Waals surface area contributed by atoms with Crippen LogP contribution in [0.2, 0.25) is 0 Å². The zero-order valence-corrected chi connectivity index (χ0v) is 8.26. The summed E-state index contributed by atoms with van der Waals surface area (Å²) in [5.74, 6) is -0.947. The minimum atomic E-state index is -0.947. The summed E-state index contributed by atoms with van der Waals surface area (Å²) in [4.78, 5) is 10.9. The molecule has 0 aliphatic heterocycles. The molecule has 0 unspecified atom stereocenters. The number of aromatic nitrogens is 2. The number of nitrogens with zero attached hydrogens (tertiary/aromatic N) is 1. The molecule has 2 rings (SSSR count). The molecule has 2 N–H and O–H groups in total. The molecule has 0 amide bonds. The molecule has 0 bridgehead atoms. The number of carbonyl (C=O) groups is 1. The number of hydrogen-bond acceptors (Lipinski definition) is 3. The second-order valence-electron chi connectivity index (χ2n) is 2.89. The fourth-order valence-corrected chi connectivity index (χ4v) is 1.94. The molecule has 0 aromatic carbocycles. The Balaban J connectivity index is 2.60. The van der Waals surface area contributed by atoms with Crippen molar-refractivity contribution in [2.45, 2.75) is 6.92 Å². The molecule has 0 saturated carbocycles. The van der Waals surface area contributed by atoms with E-state index in [-0.39, 0.29) is 5.56 Å². The number of thiophene rings is 1. The summed E-state index contributed by atoms with van der Waals surface area (Å²) in [5, 5.41) is 19.4. The van der Waals surface area contributed by atoms with Gasteiger partial charge in [-0.1, -0.05) is 0 Å². The lowest BCUT2D eigenvalue weighted by Gasteiger charge is -1.94. The molecule has 0 radical (unpaired) electrons. The predicted octanol–water partition coefficient (Wildman–Crippen LogP) is 2.14. The summed E-state index contributed by atoms with van der Waals surface area (Å²) in [5.41, 5.74) is 2.19. The van der Waals surface area contributed by atoms with Crippen LogP contribution in [0.4, 0.5) is 0 Å². The van der Waals surface area contributed by atoms with Crippen molar-refractivity contribution in [1.29, 1.82) is 0 Å². The summed E-state index contributed by atoms with van der Waals surface area (Å²) in [6.45, 7) is 1.70. The first-order valence-corrected chi connectivity index (χ1v) is 4.95. The number of aromatic carboxylic acids is 1. The zero-order valence-electron chi connectivity index (χ0n) is 7.44. The quantitative estimate of drug-likeness (QED) is 0.794. The Morgan fingerprint density at radius 1 is 1.64 bits per heavy atom. The molecular weight excluding hydrogens is 200 g/mol. The van der Waals surface area contributed by atoms with Crippen molar-refractivity contribution in [3.8, 4) is 11.3 Å². The maximum absolute atomic E-state index is 10.9. The molecule has 2 heterocycles. The number of carboxylic acids is 1. The first kappa shape index (κ1) is 8.96. The molecule has 0 fully saturated rings. The van der Waals surface area contributed by atoms with Gasteiger partial charge in [0.2, 0.25) is 0 Å². The van der Waals surface area contributed by atoms with Crippen molar-refractivity contribution in [1.82, 2.24) is 10.2 Å². The van der Waals surface area contributed by atoms with E-state index in [1.165, 1.54) is 11.3 Å². The van der Waals surface area contributed by atoms with E-state index in [9.17, 15) is 4.79 Å². The highest BCUT2D eigenvalue weighted by atomic mass is 32.1. The fourth-order valence-electron chi connectivity index (χ4n) is 1.30. The van der Waals surface area contributed by atoms with Crippen molar-refractivity contribution in [3.63, 3.8) is 0 Å². The van der Waals surface area contributed by atoms with E-state index in [4.69, 9.17) is 5.11 Å². The van der Waals surface area contributed by atoms with Crippen LogP contribution in [0.3, 0.4) is 0 Å². The number of H-pyrrole nitrogens is 1. The Hall–Kier alpha value is -1.62. The van der Waals surface area contributed by atoms with Gasteiger partial charge in [0.05, 0.1) is 0 Å². The van der Waals surface area contributed by atoms with E-state index < -0.39 is 5.97 Å². The van der Waals surface area contributed by atoms with Crippen LogP contribution in [0.1, 0.15) is 16.1 Å². The first-order valence-electron chi connectivity index (χ1n) is 4.01. The van der Waals surface area contributed by atoms with Gasteiger partial charge in [0.25, 0.3) is 0 Å². The molecule has 72 valence electrons. The van der Waals surface area contributed by atoms with Crippen molar-refractivity contribution in [2.24, 2.45) is 0 Å². The van der Waals surface area contributed by atoms with Crippen LogP contribution in [-0.2, 0) is 0 Å². The van der Waals surface area contributed by atoms with E-state index in [0.29, 0.717) is 11.4 Å². The van der Waals surface area contributed by atoms with Crippen LogP contribution >= 0.6 is 11.3 Å². The van der Waals surface area contributed by atoms with E-state index in [1.807, 2.05) is 16.8 Å². The fraction of sp³-hybridized carbons (Fsp3) is 0.111. The Labute approximate surface area is 84.2 Å². The second-order valence-corrected chi connectivity index (χ2v) is 3.67. The normalized spacial score (nSPS) is 10.4. The molecule has 0 aliphatic rings. The number of aryl methyl sites for hydroxylation is 1. The largest absolute Gasteiger partial charge is 0.478 e. The summed E-state index contributed by atoms with van der Waals surface area (Å²) in [6.07, 6.45) is 0. The highest BCUT2D eigenvalue weighted by Gasteiger charge is 2.18. The van der Waals surface area contributed by atoms with Gasteiger partial charge in [-0.05, 0) is 18.4 Å². The highest BCUT2D eigenvalue weighted by Crippen LogP contribution is 2.25. The van der Waals surface area contributed by atoms with Crippen LogP contribution < -0.4 is 0 Å². The summed E-state index contributed by atoms with van der Waals surface area (Å²) < 4.78 is 0. The molecule has 0 atom stereocenters. The molecule has 0 saturated heterocycles. The molecule has 2 aromatic rings. The highest BCUT2D eigenvalue weighted by molar-refractivity contribution is 7.08. The van der Waals surface area contributed by atoms with Gasteiger partial charge < -0.3 is 5.11 Å². The summed E-state index contributed by atoms with van der Waals surface area (Å²) in [7, 11) is 0. The standard InChI is InChI=1S/C9H8N2O2S/c1-5-7(9(12)13)8(11-10-5)6-2-3-14-4-6/h2-4H,1H3,(H,10,11)(H,12,13). The third kappa shape index (κ3) is 1.31. The monoisotopic (exact) mass is 208 g/mol. The maximum Gasteiger partial charge on any atom is 0.339 e. The summed E-state index contributed by atoms with van der Waals surface area (Å²) in [6, 6.07) is 1.85. The number of rotatable bonds is 2.